The molecule has 0 radical (unpaired) electrons. The first kappa shape index (κ1) is 15.4. The zero-order valence-corrected chi connectivity index (χ0v) is 13.0. The lowest BCUT2D eigenvalue weighted by Crippen LogP contribution is -2.48. The second-order valence-corrected chi connectivity index (χ2v) is 5.93. The van der Waals surface area contributed by atoms with Crippen molar-refractivity contribution in [3.63, 3.8) is 0 Å². The molecule has 0 saturated carbocycles. The zero-order chi connectivity index (χ0) is 15.7. The molecule has 2 atom stereocenters. The molecule has 1 aliphatic heterocycles. The molecule has 1 heterocycles. The molecule has 2 amide bonds. The molecule has 1 fully saturated rings. The molecule has 1 saturated heterocycles. The van der Waals surface area contributed by atoms with Crippen LogP contribution in [0, 0.1) is 19.8 Å². The molecule has 1 aromatic carbocycles. The van der Waals surface area contributed by atoms with Crippen LogP contribution >= 0.6 is 0 Å². The fraction of sp³-hybridized carbons (Fsp3) is 0.500. The number of benzene rings is 1. The minimum atomic E-state index is -0.929. The number of likely N-dealkylation sites (tertiary alicyclic amines) is 1. The van der Waals surface area contributed by atoms with Crippen LogP contribution in [0.2, 0.25) is 0 Å². The van der Waals surface area contributed by atoms with Gasteiger partial charge in [-0.1, -0.05) is 13.0 Å². The number of carbonyl (C=O) groups is 2. The molecule has 1 N–H and O–H groups in total. The third-order valence-electron chi connectivity index (χ3n) is 4.08. The highest BCUT2D eigenvalue weighted by molar-refractivity contribution is 5.94. The van der Waals surface area contributed by atoms with E-state index in [1.165, 1.54) is 9.80 Å². The largest absolute Gasteiger partial charge is 0.480 e. The van der Waals surface area contributed by atoms with Crippen molar-refractivity contribution < 1.29 is 14.7 Å². The number of carboxylic acids is 1. The van der Waals surface area contributed by atoms with E-state index in [1.807, 2.05) is 39.0 Å². The van der Waals surface area contributed by atoms with Crippen LogP contribution in [0.3, 0.4) is 0 Å². The number of carboxylic acid groups (broad SMARTS) is 1. The van der Waals surface area contributed by atoms with E-state index in [1.54, 1.807) is 7.05 Å². The standard InChI is InChI=1S/C16H22N2O3/c1-10-7-11(2)9-13(8-10)17(4)16(21)18-6-5-12(3)14(18)15(19)20/h7-9,12,14H,5-6H2,1-4H3,(H,19,20). The van der Waals surface area contributed by atoms with Gasteiger partial charge in [-0.2, -0.15) is 0 Å². The molecule has 0 aliphatic carbocycles. The van der Waals surface area contributed by atoms with Gasteiger partial charge >= 0.3 is 12.0 Å². The van der Waals surface area contributed by atoms with Gasteiger partial charge in [-0.3, -0.25) is 4.90 Å². The molecular formula is C16H22N2O3. The third-order valence-corrected chi connectivity index (χ3v) is 4.08. The molecule has 5 heteroatoms. The van der Waals surface area contributed by atoms with Crippen LogP contribution in [0.1, 0.15) is 24.5 Å². The van der Waals surface area contributed by atoms with Gasteiger partial charge in [0.25, 0.3) is 0 Å². The predicted octanol–water partition coefficient (Wildman–Crippen LogP) is 2.65. The smallest absolute Gasteiger partial charge is 0.326 e. The lowest BCUT2D eigenvalue weighted by molar-refractivity contribution is -0.142. The van der Waals surface area contributed by atoms with Crippen LogP contribution in [0.4, 0.5) is 10.5 Å². The number of hydrogen-bond acceptors (Lipinski definition) is 2. The lowest BCUT2D eigenvalue weighted by Gasteiger charge is -2.29. The van der Waals surface area contributed by atoms with Crippen molar-refractivity contribution >= 4 is 17.7 Å². The molecule has 1 aromatic rings. The SMILES string of the molecule is Cc1cc(C)cc(N(C)C(=O)N2CCC(C)C2C(=O)O)c1. The Morgan fingerprint density at radius 2 is 1.81 bits per heavy atom. The van der Waals surface area contributed by atoms with Gasteiger partial charge in [0.15, 0.2) is 0 Å². The molecule has 1 aliphatic rings. The summed E-state index contributed by atoms with van der Waals surface area (Å²) in [5.41, 5.74) is 2.95. The minimum Gasteiger partial charge on any atom is -0.480 e. The Morgan fingerprint density at radius 1 is 1.24 bits per heavy atom. The van der Waals surface area contributed by atoms with E-state index >= 15 is 0 Å². The van der Waals surface area contributed by atoms with Gasteiger partial charge in [-0.15, -0.1) is 0 Å². The first-order chi connectivity index (χ1) is 9.81. The van der Waals surface area contributed by atoms with Crippen molar-refractivity contribution in [2.75, 3.05) is 18.5 Å². The maximum absolute atomic E-state index is 12.6. The van der Waals surface area contributed by atoms with Gasteiger partial charge in [0.05, 0.1) is 0 Å². The van der Waals surface area contributed by atoms with E-state index in [4.69, 9.17) is 0 Å². The molecule has 5 nitrogen and oxygen atoms in total. The first-order valence-electron chi connectivity index (χ1n) is 7.16. The number of urea groups is 1. The molecule has 0 bridgehead atoms. The predicted molar refractivity (Wildman–Crippen MR) is 81.6 cm³/mol. The quantitative estimate of drug-likeness (QED) is 0.911. The Kier molecular flexibility index (Phi) is 4.21. The summed E-state index contributed by atoms with van der Waals surface area (Å²) in [5, 5.41) is 9.33. The average Bonchev–Trinajstić information content (AvgIpc) is 2.77. The maximum Gasteiger partial charge on any atom is 0.326 e. The van der Waals surface area contributed by atoms with Gasteiger partial charge in [0.2, 0.25) is 0 Å². The van der Waals surface area contributed by atoms with E-state index < -0.39 is 12.0 Å². The van der Waals surface area contributed by atoms with Crippen molar-refractivity contribution in [1.82, 2.24) is 4.90 Å². The molecule has 0 spiro atoms. The summed E-state index contributed by atoms with van der Waals surface area (Å²) in [4.78, 5) is 27.0. The summed E-state index contributed by atoms with van der Waals surface area (Å²) in [6.07, 6.45) is 0.726. The molecule has 2 unspecified atom stereocenters. The summed E-state index contributed by atoms with van der Waals surface area (Å²) in [6.45, 7) is 6.33. The van der Waals surface area contributed by atoms with E-state index in [0.29, 0.717) is 6.54 Å². The van der Waals surface area contributed by atoms with Gasteiger partial charge < -0.3 is 10.0 Å². The molecule has 21 heavy (non-hydrogen) atoms. The fourth-order valence-corrected chi connectivity index (χ4v) is 2.99. The number of carbonyl (C=O) groups excluding carboxylic acids is 1. The minimum absolute atomic E-state index is 0.0147. The normalized spacial score (nSPS) is 21.4. The molecule has 0 aromatic heterocycles. The fourth-order valence-electron chi connectivity index (χ4n) is 2.99. The second-order valence-electron chi connectivity index (χ2n) is 5.93. The number of hydrogen-bond donors (Lipinski definition) is 1. The highest BCUT2D eigenvalue weighted by Gasteiger charge is 2.40. The summed E-state index contributed by atoms with van der Waals surface area (Å²) < 4.78 is 0. The number of aliphatic carboxylic acids is 1. The third kappa shape index (κ3) is 3.01. The van der Waals surface area contributed by atoms with E-state index in [0.717, 1.165) is 23.2 Å². The second kappa shape index (κ2) is 5.76. The van der Waals surface area contributed by atoms with Crippen molar-refractivity contribution in [2.24, 2.45) is 5.92 Å². The summed E-state index contributed by atoms with van der Waals surface area (Å²) in [7, 11) is 1.69. The Balaban J connectivity index is 2.24. The van der Waals surface area contributed by atoms with Gasteiger partial charge in [0.1, 0.15) is 6.04 Å². The Bertz CT molecular complexity index is 550. The van der Waals surface area contributed by atoms with E-state index in [2.05, 4.69) is 0 Å². The molecule has 2 rings (SSSR count). The zero-order valence-electron chi connectivity index (χ0n) is 13.0. The van der Waals surface area contributed by atoms with Crippen molar-refractivity contribution in [3.05, 3.63) is 29.3 Å². The van der Waals surface area contributed by atoms with Crippen LogP contribution < -0.4 is 4.90 Å². The number of rotatable bonds is 2. The monoisotopic (exact) mass is 290 g/mol. The van der Waals surface area contributed by atoms with Crippen LogP contribution in [0.25, 0.3) is 0 Å². The summed E-state index contributed by atoms with van der Waals surface area (Å²) in [5.74, 6) is -0.943. The topological polar surface area (TPSA) is 60.9 Å². The summed E-state index contributed by atoms with van der Waals surface area (Å²) in [6, 6.07) is 4.92. The Labute approximate surface area is 125 Å². The number of aryl methyl sites for hydroxylation is 2. The average molecular weight is 290 g/mol. The van der Waals surface area contributed by atoms with Gasteiger partial charge in [-0.25, -0.2) is 9.59 Å². The van der Waals surface area contributed by atoms with Crippen molar-refractivity contribution in [3.8, 4) is 0 Å². The highest BCUT2D eigenvalue weighted by atomic mass is 16.4. The lowest BCUT2D eigenvalue weighted by atomic mass is 10.0. The van der Waals surface area contributed by atoms with Crippen molar-refractivity contribution in [2.45, 2.75) is 33.2 Å². The van der Waals surface area contributed by atoms with Gasteiger partial charge in [0, 0.05) is 19.3 Å². The van der Waals surface area contributed by atoms with Crippen LogP contribution in [0.15, 0.2) is 18.2 Å². The maximum atomic E-state index is 12.6. The molecular weight excluding hydrogens is 268 g/mol. The van der Waals surface area contributed by atoms with E-state index in [9.17, 15) is 14.7 Å². The first-order valence-corrected chi connectivity index (χ1v) is 7.16. The van der Waals surface area contributed by atoms with Crippen molar-refractivity contribution in [1.29, 1.82) is 0 Å². The van der Waals surface area contributed by atoms with Gasteiger partial charge in [-0.05, 0) is 49.4 Å². The molecule has 114 valence electrons. The van der Waals surface area contributed by atoms with E-state index in [-0.39, 0.29) is 11.9 Å². The van der Waals surface area contributed by atoms with Crippen LogP contribution in [-0.4, -0.2) is 41.6 Å². The number of anilines is 1. The Morgan fingerprint density at radius 3 is 2.33 bits per heavy atom. The summed E-state index contributed by atoms with van der Waals surface area (Å²) >= 11 is 0. The Hall–Kier alpha value is -2.04. The highest BCUT2D eigenvalue weighted by Crippen LogP contribution is 2.27. The van der Waals surface area contributed by atoms with Crippen LogP contribution in [0.5, 0.6) is 0 Å². The van der Waals surface area contributed by atoms with Crippen LogP contribution in [-0.2, 0) is 4.79 Å². The number of amides is 2. The number of nitrogens with zero attached hydrogens (tertiary/aromatic N) is 2.